The predicted octanol–water partition coefficient (Wildman–Crippen LogP) is 5.37. The minimum absolute atomic E-state index is 0.0160. The van der Waals surface area contributed by atoms with Gasteiger partial charge in [-0.15, -0.1) is 0 Å². The first-order valence-electron chi connectivity index (χ1n) is 12.4. The van der Waals surface area contributed by atoms with Crippen molar-refractivity contribution in [3.63, 3.8) is 0 Å². The van der Waals surface area contributed by atoms with E-state index in [0.29, 0.717) is 17.9 Å². The summed E-state index contributed by atoms with van der Waals surface area (Å²) >= 11 is 0. The summed E-state index contributed by atoms with van der Waals surface area (Å²) in [6.45, 7) is 3.08. The minimum atomic E-state index is -0.415. The number of ketones is 1. The summed E-state index contributed by atoms with van der Waals surface area (Å²) in [5, 5.41) is 3.02. The molecule has 0 spiro atoms. The number of nitrogens with one attached hydrogen (secondary N) is 1. The molecule has 2 saturated carbocycles. The fourth-order valence-corrected chi connectivity index (χ4v) is 4.95. The highest BCUT2D eigenvalue weighted by molar-refractivity contribution is 5.96. The number of fused-ring (bicyclic) bond motifs is 1. The predicted molar refractivity (Wildman–Crippen MR) is 134 cm³/mol. The number of carbonyl (C=O) groups excluding carboxylic acids is 2. The second-order valence-electron chi connectivity index (χ2n) is 10.1. The Morgan fingerprint density at radius 3 is 2.46 bits per heavy atom. The second-order valence-corrected chi connectivity index (χ2v) is 10.1. The fourth-order valence-electron chi connectivity index (χ4n) is 4.95. The van der Waals surface area contributed by atoms with Crippen LogP contribution >= 0.6 is 0 Å². The van der Waals surface area contributed by atoms with Gasteiger partial charge in [0.15, 0.2) is 11.5 Å². The van der Waals surface area contributed by atoms with E-state index in [1.807, 2.05) is 48.5 Å². The SMILES string of the molecule is Cc1ccc(CC(=O)C2(c3ccc4c(c3)OCO4)CC2)cc1-c1ccc(C(=O)NCC2CC2)cc1. The molecule has 6 rings (SSSR count). The molecular weight excluding hydrogens is 438 g/mol. The second kappa shape index (κ2) is 8.56. The van der Waals surface area contributed by atoms with Gasteiger partial charge >= 0.3 is 0 Å². The van der Waals surface area contributed by atoms with Crippen molar-refractivity contribution < 1.29 is 19.1 Å². The van der Waals surface area contributed by atoms with E-state index in [2.05, 4.69) is 24.4 Å². The third-order valence-corrected chi connectivity index (χ3v) is 7.58. The molecule has 35 heavy (non-hydrogen) atoms. The standard InChI is InChI=1S/C30H29NO4/c1-19-2-3-21(14-25(19)22-6-8-23(9-7-22)29(33)31-17-20-4-5-20)15-28(32)30(12-13-30)24-10-11-26-27(16-24)35-18-34-26/h2-3,6-11,14,16,20H,4-5,12-13,15,17-18H2,1H3,(H,31,33). The van der Waals surface area contributed by atoms with E-state index in [-0.39, 0.29) is 18.5 Å². The molecule has 1 aliphatic heterocycles. The number of hydrogen-bond acceptors (Lipinski definition) is 4. The van der Waals surface area contributed by atoms with Gasteiger partial charge in [-0.25, -0.2) is 0 Å². The molecule has 0 unspecified atom stereocenters. The smallest absolute Gasteiger partial charge is 0.251 e. The zero-order valence-corrected chi connectivity index (χ0v) is 19.9. The molecule has 2 fully saturated rings. The van der Waals surface area contributed by atoms with Crippen molar-refractivity contribution in [1.29, 1.82) is 0 Å². The summed E-state index contributed by atoms with van der Waals surface area (Å²) in [6.07, 6.45) is 4.57. The topological polar surface area (TPSA) is 64.6 Å². The van der Waals surface area contributed by atoms with Crippen LogP contribution in [0.2, 0.25) is 0 Å². The zero-order chi connectivity index (χ0) is 24.0. The van der Waals surface area contributed by atoms with Crippen LogP contribution in [0.1, 0.15) is 52.7 Å². The molecule has 5 heteroatoms. The molecule has 0 atom stereocenters. The van der Waals surface area contributed by atoms with Crippen LogP contribution in [0.3, 0.4) is 0 Å². The maximum atomic E-state index is 13.4. The Labute approximate surface area is 205 Å². The highest BCUT2D eigenvalue weighted by Crippen LogP contribution is 2.51. The molecule has 2 aliphatic carbocycles. The number of rotatable bonds is 8. The summed E-state index contributed by atoms with van der Waals surface area (Å²) in [5.41, 5.74) is 5.58. The van der Waals surface area contributed by atoms with Crippen molar-refractivity contribution in [2.24, 2.45) is 5.92 Å². The van der Waals surface area contributed by atoms with Crippen molar-refractivity contribution in [1.82, 2.24) is 5.32 Å². The molecular formula is C30H29NO4. The van der Waals surface area contributed by atoms with Gasteiger partial charge in [0.1, 0.15) is 5.78 Å². The van der Waals surface area contributed by atoms with Gasteiger partial charge in [0.05, 0.1) is 5.41 Å². The first kappa shape index (κ1) is 21.9. The average molecular weight is 468 g/mol. The molecule has 0 aromatic heterocycles. The highest BCUT2D eigenvalue weighted by atomic mass is 16.7. The summed E-state index contributed by atoms with van der Waals surface area (Å²) in [4.78, 5) is 25.8. The minimum Gasteiger partial charge on any atom is -0.454 e. The van der Waals surface area contributed by atoms with Crippen LogP contribution in [0.5, 0.6) is 11.5 Å². The van der Waals surface area contributed by atoms with E-state index >= 15 is 0 Å². The normalized spacial score (nSPS) is 17.2. The number of carbonyl (C=O) groups is 2. The maximum Gasteiger partial charge on any atom is 0.251 e. The Morgan fingerprint density at radius 1 is 0.943 bits per heavy atom. The molecule has 0 radical (unpaired) electrons. The Kier molecular flexibility index (Phi) is 5.36. The lowest BCUT2D eigenvalue weighted by atomic mass is 9.87. The van der Waals surface area contributed by atoms with Gasteiger partial charge in [-0.3, -0.25) is 9.59 Å². The van der Waals surface area contributed by atoms with E-state index in [1.165, 1.54) is 12.8 Å². The molecule has 3 aliphatic rings. The van der Waals surface area contributed by atoms with Crippen molar-refractivity contribution in [2.45, 2.75) is 44.4 Å². The third-order valence-electron chi connectivity index (χ3n) is 7.58. The number of amides is 1. The number of hydrogen-bond donors (Lipinski definition) is 1. The number of ether oxygens (including phenoxy) is 2. The first-order chi connectivity index (χ1) is 17.0. The third kappa shape index (κ3) is 4.31. The molecule has 1 N–H and O–H groups in total. The lowest BCUT2D eigenvalue weighted by Crippen LogP contribution is -2.25. The van der Waals surface area contributed by atoms with E-state index < -0.39 is 5.41 Å². The largest absolute Gasteiger partial charge is 0.454 e. The lowest BCUT2D eigenvalue weighted by molar-refractivity contribution is -0.120. The molecule has 0 bridgehead atoms. The van der Waals surface area contributed by atoms with Gasteiger partial charge < -0.3 is 14.8 Å². The van der Waals surface area contributed by atoms with Gasteiger partial charge in [0, 0.05) is 18.5 Å². The average Bonchev–Trinajstić information content (AvgIpc) is 3.81. The van der Waals surface area contributed by atoms with Crippen LogP contribution in [0.4, 0.5) is 0 Å². The van der Waals surface area contributed by atoms with E-state index in [4.69, 9.17) is 9.47 Å². The summed E-state index contributed by atoms with van der Waals surface area (Å²) in [6, 6.07) is 19.9. The van der Waals surface area contributed by atoms with Crippen molar-refractivity contribution in [3.8, 4) is 22.6 Å². The van der Waals surface area contributed by atoms with Crippen molar-refractivity contribution in [2.75, 3.05) is 13.3 Å². The number of aryl methyl sites for hydroxylation is 1. The molecule has 3 aromatic carbocycles. The number of Topliss-reactive ketones (excluding diaryl/α,β-unsaturated/α-hetero) is 1. The molecule has 0 saturated heterocycles. The van der Waals surface area contributed by atoms with Crippen LogP contribution < -0.4 is 14.8 Å². The quantitative estimate of drug-likeness (QED) is 0.484. The Balaban J connectivity index is 1.18. The van der Waals surface area contributed by atoms with Gasteiger partial charge in [-0.05, 0) is 90.6 Å². The first-order valence-corrected chi connectivity index (χ1v) is 12.4. The van der Waals surface area contributed by atoms with E-state index in [1.54, 1.807) is 0 Å². The molecule has 5 nitrogen and oxygen atoms in total. The molecule has 1 heterocycles. The summed E-state index contributed by atoms with van der Waals surface area (Å²) < 4.78 is 11.0. The zero-order valence-electron chi connectivity index (χ0n) is 19.9. The van der Waals surface area contributed by atoms with Crippen LogP contribution in [-0.4, -0.2) is 25.0 Å². The van der Waals surface area contributed by atoms with Crippen LogP contribution in [0.25, 0.3) is 11.1 Å². The summed E-state index contributed by atoms with van der Waals surface area (Å²) in [5.74, 6) is 2.35. The van der Waals surface area contributed by atoms with E-state index in [0.717, 1.165) is 58.7 Å². The Bertz CT molecular complexity index is 1300. The van der Waals surface area contributed by atoms with Crippen molar-refractivity contribution in [3.05, 3.63) is 82.9 Å². The Hall–Kier alpha value is -3.60. The number of benzene rings is 3. The maximum absolute atomic E-state index is 13.4. The van der Waals surface area contributed by atoms with Crippen LogP contribution in [0, 0.1) is 12.8 Å². The van der Waals surface area contributed by atoms with Crippen LogP contribution in [-0.2, 0) is 16.6 Å². The molecule has 1 amide bonds. The van der Waals surface area contributed by atoms with Gasteiger partial charge in [-0.2, -0.15) is 0 Å². The highest BCUT2D eigenvalue weighted by Gasteiger charge is 2.50. The fraction of sp³-hybridized carbons (Fsp3) is 0.333. The molecule has 178 valence electrons. The van der Waals surface area contributed by atoms with Gasteiger partial charge in [-0.1, -0.05) is 36.4 Å². The Morgan fingerprint density at radius 2 is 1.71 bits per heavy atom. The van der Waals surface area contributed by atoms with E-state index in [9.17, 15) is 9.59 Å². The van der Waals surface area contributed by atoms with Crippen molar-refractivity contribution >= 4 is 11.7 Å². The summed E-state index contributed by atoms with van der Waals surface area (Å²) in [7, 11) is 0. The van der Waals surface area contributed by atoms with Crippen LogP contribution in [0.15, 0.2) is 60.7 Å². The molecule has 3 aromatic rings. The van der Waals surface area contributed by atoms with Gasteiger partial charge in [0.25, 0.3) is 5.91 Å². The monoisotopic (exact) mass is 467 g/mol. The van der Waals surface area contributed by atoms with Gasteiger partial charge in [0.2, 0.25) is 6.79 Å². The lowest BCUT2D eigenvalue weighted by Gasteiger charge is -2.16.